The molecule has 0 aromatic heterocycles. The van der Waals surface area contributed by atoms with Crippen LogP contribution in [0.1, 0.15) is 18.9 Å². The van der Waals surface area contributed by atoms with E-state index in [2.05, 4.69) is 22.9 Å². The quantitative estimate of drug-likeness (QED) is 0.931. The van der Waals surface area contributed by atoms with Crippen molar-refractivity contribution in [1.29, 1.82) is 0 Å². The molecule has 2 N–H and O–H groups in total. The predicted octanol–water partition coefficient (Wildman–Crippen LogP) is 2.66. The van der Waals surface area contributed by atoms with Gasteiger partial charge in [0.15, 0.2) is 5.82 Å². The molecule has 3 nitrogen and oxygen atoms in total. The van der Waals surface area contributed by atoms with Gasteiger partial charge in [-0.15, -0.1) is 0 Å². The van der Waals surface area contributed by atoms with Crippen molar-refractivity contribution in [3.8, 4) is 0 Å². The molecule has 100 valence electrons. The lowest BCUT2D eigenvalue weighted by molar-refractivity contribution is 0.0382. The van der Waals surface area contributed by atoms with Gasteiger partial charge in [0.05, 0.1) is 22.9 Å². The average molecular weight is 317 g/mol. The van der Waals surface area contributed by atoms with Crippen LogP contribution in [0.25, 0.3) is 0 Å². The maximum Gasteiger partial charge on any atom is 0.160 e. The summed E-state index contributed by atoms with van der Waals surface area (Å²) in [6.07, 6.45) is 1.13. The molecular formula is C13H18BrFN2O. The Morgan fingerprint density at radius 3 is 3.00 bits per heavy atom. The van der Waals surface area contributed by atoms with Crippen molar-refractivity contribution in [2.75, 3.05) is 24.6 Å². The zero-order chi connectivity index (χ0) is 13.1. The maximum atomic E-state index is 14.3. The molecule has 0 saturated carbocycles. The summed E-state index contributed by atoms with van der Waals surface area (Å²) in [6, 6.07) is 3.68. The molecule has 1 aromatic carbocycles. The summed E-state index contributed by atoms with van der Waals surface area (Å²) in [7, 11) is 0. The van der Waals surface area contributed by atoms with E-state index in [1.54, 1.807) is 6.07 Å². The van der Waals surface area contributed by atoms with Crippen molar-refractivity contribution in [3.63, 3.8) is 0 Å². The van der Waals surface area contributed by atoms with E-state index in [1.165, 1.54) is 0 Å². The predicted molar refractivity (Wildman–Crippen MR) is 74.2 cm³/mol. The van der Waals surface area contributed by atoms with Crippen LogP contribution in [-0.4, -0.2) is 25.8 Å². The number of hydrogen-bond donors (Lipinski definition) is 1. The Morgan fingerprint density at radius 1 is 1.56 bits per heavy atom. The summed E-state index contributed by atoms with van der Waals surface area (Å²) in [5.41, 5.74) is 6.98. The minimum Gasteiger partial charge on any atom is -0.375 e. The molecule has 1 aliphatic rings. The zero-order valence-corrected chi connectivity index (χ0v) is 12.0. The highest BCUT2D eigenvalue weighted by molar-refractivity contribution is 9.10. The normalized spacial score (nSPS) is 20.2. The number of halogens is 2. The summed E-state index contributed by atoms with van der Waals surface area (Å²) in [5, 5.41) is 0. The van der Waals surface area contributed by atoms with Crippen LogP contribution in [0.5, 0.6) is 0 Å². The molecule has 2 rings (SSSR count). The van der Waals surface area contributed by atoms with Gasteiger partial charge in [-0.05, 0) is 34.0 Å². The Labute approximate surface area is 115 Å². The van der Waals surface area contributed by atoms with Gasteiger partial charge in [-0.25, -0.2) is 4.39 Å². The topological polar surface area (TPSA) is 38.5 Å². The number of nitrogens with zero attached hydrogens (tertiary/aromatic N) is 1. The molecule has 1 saturated heterocycles. The van der Waals surface area contributed by atoms with E-state index < -0.39 is 0 Å². The molecule has 1 unspecified atom stereocenters. The molecule has 0 aliphatic carbocycles. The lowest BCUT2D eigenvalue weighted by Gasteiger charge is -2.34. The van der Waals surface area contributed by atoms with Crippen molar-refractivity contribution >= 4 is 21.6 Å². The molecule has 0 spiro atoms. The second-order valence-corrected chi connectivity index (χ2v) is 5.22. The number of hydrogen-bond acceptors (Lipinski definition) is 3. The van der Waals surface area contributed by atoms with Gasteiger partial charge in [0, 0.05) is 19.6 Å². The molecule has 1 atom stereocenters. The van der Waals surface area contributed by atoms with Gasteiger partial charge in [-0.1, -0.05) is 13.0 Å². The highest BCUT2D eigenvalue weighted by atomic mass is 79.9. The first-order valence-electron chi connectivity index (χ1n) is 6.20. The van der Waals surface area contributed by atoms with Gasteiger partial charge in [-0.3, -0.25) is 0 Å². The average Bonchev–Trinajstić information content (AvgIpc) is 2.42. The third kappa shape index (κ3) is 2.68. The number of nitrogens with two attached hydrogens (primary N) is 1. The molecule has 18 heavy (non-hydrogen) atoms. The molecule has 0 bridgehead atoms. The lowest BCUT2D eigenvalue weighted by atomic mass is 10.1. The fourth-order valence-electron chi connectivity index (χ4n) is 2.17. The number of morpholine rings is 1. The first-order valence-corrected chi connectivity index (χ1v) is 7.00. The van der Waals surface area contributed by atoms with Crippen molar-refractivity contribution in [1.82, 2.24) is 0 Å². The van der Waals surface area contributed by atoms with Gasteiger partial charge in [-0.2, -0.15) is 0 Å². The Morgan fingerprint density at radius 2 is 2.33 bits per heavy atom. The fraction of sp³-hybridized carbons (Fsp3) is 0.538. The van der Waals surface area contributed by atoms with Crippen LogP contribution in [0.15, 0.2) is 16.6 Å². The molecule has 0 amide bonds. The summed E-state index contributed by atoms with van der Waals surface area (Å²) >= 11 is 3.28. The highest BCUT2D eigenvalue weighted by Gasteiger charge is 2.22. The van der Waals surface area contributed by atoms with Crippen LogP contribution in [0.4, 0.5) is 10.1 Å². The van der Waals surface area contributed by atoms with E-state index in [1.807, 2.05) is 11.0 Å². The monoisotopic (exact) mass is 316 g/mol. The first kappa shape index (κ1) is 13.8. The zero-order valence-electron chi connectivity index (χ0n) is 10.5. The summed E-state index contributed by atoms with van der Waals surface area (Å²) in [6.45, 7) is 4.52. The van der Waals surface area contributed by atoms with Gasteiger partial charge >= 0.3 is 0 Å². The molecule has 0 radical (unpaired) electrons. The SMILES string of the molecule is CCC1CN(c2ccc(CN)c(Br)c2F)CCO1. The molecule has 1 heterocycles. The van der Waals surface area contributed by atoms with E-state index in [0.717, 1.165) is 25.1 Å². The van der Waals surface area contributed by atoms with E-state index in [0.29, 0.717) is 23.3 Å². The summed E-state index contributed by atoms with van der Waals surface area (Å²) in [4.78, 5) is 2.04. The van der Waals surface area contributed by atoms with E-state index in [-0.39, 0.29) is 11.9 Å². The minimum absolute atomic E-state index is 0.186. The number of ether oxygens (including phenoxy) is 1. The summed E-state index contributed by atoms with van der Waals surface area (Å²) < 4.78 is 20.4. The minimum atomic E-state index is -0.227. The van der Waals surface area contributed by atoms with Crippen molar-refractivity contribution in [2.24, 2.45) is 5.73 Å². The molecule has 5 heteroatoms. The Balaban J connectivity index is 2.25. The van der Waals surface area contributed by atoms with Gasteiger partial charge in [0.1, 0.15) is 0 Å². The molecule has 1 aliphatic heterocycles. The Kier molecular flexibility index (Phi) is 4.59. The molecule has 1 fully saturated rings. The van der Waals surface area contributed by atoms with Crippen LogP contribution in [0, 0.1) is 5.82 Å². The highest BCUT2D eigenvalue weighted by Crippen LogP contribution is 2.30. The number of anilines is 1. The third-order valence-corrected chi connectivity index (χ3v) is 4.15. The van der Waals surface area contributed by atoms with Crippen molar-refractivity contribution < 1.29 is 9.13 Å². The first-order chi connectivity index (χ1) is 8.67. The van der Waals surface area contributed by atoms with Crippen LogP contribution in [0.3, 0.4) is 0 Å². The maximum absolute atomic E-state index is 14.3. The van der Waals surface area contributed by atoms with Crippen LogP contribution >= 0.6 is 15.9 Å². The van der Waals surface area contributed by atoms with E-state index in [9.17, 15) is 4.39 Å². The van der Waals surface area contributed by atoms with Crippen LogP contribution < -0.4 is 10.6 Å². The second kappa shape index (κ2) is 5.99. The standard InChI is InChI=1S/C13H18BrFN2O/c1-2-10-8-17(5-6-18-10)11-4-3-9(7-16)12(14)13(11)15/h3-4,10H,2,5-8,16H2,1H3. The Hall–Kier alpha value is -0.650. The Bertz CT molecular complexity index is 428. The van der Waals surface area contributed by atoms with E-state index >= 15 is 0 Å². The summed E-state index contributed by atoms with van der Waals surface area (Å²) in [5.74, 6) is -0.227. The van der Waals surface area contributed by atoms with Crippen molar-refractivity contribution in [2.45, 2.75) is 26.0 Å². The third-order valence-electron chi connectivity index (χ3n) is 3.30. The van der Waals surface area contributed by atoms with Gasteiger partial charge < -0.3 is 15.4 Å². The molecule has 1 aromatic rings. The number of benzene rings is 1. The van der Waals surface area contributed by atoms with Crippen molar-refractivity contribution in [3.05, 3.63) is 28.0 Å². The van der Waals surface area contributed by atoms with E-state index in [4.69, 9.17) is 10.5 Å². The number of rotatable bonds is 3. The fourth-order valence-corrected chi connectivity index (χ4v) is 2.66. The van der Waals surface area contributed by atoms with Gasteiger partial charge in [0.25, 0.3) is 0 Å². The largest absolute Gasteiger partial charge is 0.375 e. The van der Waals surface area contributed by atoms with Gasteiger partial charge in [0.2, 0.25) is 0 Å². The van der Waals surface area contributed by atoms with Crippen LogP contribution in [0.2, 0.25) is 0 Å². The smallest absolute Gasteiger partial charge is 0.160 e. The van der Waals surface area contributed by atoms with Crippen LogP contribution in [-0.2, 0) is 11.3 Å². The second-order valence-electron chi connectivity index (χ2n) is 4.42. The lowest BCUT2D eigenvalue weighted by Crippen LogP contribution is -2.42. The molecular weight excluding hydrogens is 299 g/mol.